The minimum absolute atomic E-state index is 0.198. The quantitative estimate of drug-likeness (QED) is 0.370. The van der Waals surface area contributed by atoms with E-state index in [1.54, 1.807) is 24.3 Å². The first-order valence-electron chi connectivity index (χ1n) is 8.46. The molecule has 2 aromatic carbocycles. The van der Waals surface area contributed by atoms with E-state index >= 15 is 0 Å². The minimum Gasteiger partial charge on any atom is -0.301 e. The summed E-state index contributed by atoms with van der Waals surface area (Å²) in [6.07, 6.45) is 0. The van der Waals surface area contributed by atoms with Crippen LogP contribution in [0.25, 0.3) is 21.3 Å². The molecule has 0 unspecified atom stereocenters. The van der Waals surface area contributed by atoms with Crippen LogP contribution in [0.5, 0.6) is 0 Å². The van der Waals surface area contributed by atoms with E-state index < -0.39 is 0 Å². The molecule has 2 heterocycles. The van der Waals surface area contributed by atoms with Crippen LogP contribution in [0, 0.1) is 24.1 Å². The zero-order chi connectivity index (χ0) is 19.7. The highest BCUT2D eigenvalue weighted by atomic mass is 32.2. The lowest BCUT2D eigenvalue weighted by Crippen LogP contribution is -2.08. The van der Waals surface area contributed by atoms with E-state index in [-0.39, 0.29) is 11.4 Å². The van der Waals surface area contributed by atoms with Gasteiger partial charge in [0, 0.05) is 16.2 Å². The lowest BCUT2D eigenvalue weighted by atomic mass is 10.0. The van der Waals surface area contributed by atoms with E-state index in [2.05, 4.69) is 16.0 Å². The number of aromatic amines is 1. The molecular formula is C21H14FN3OS2. The molecule has 7 heteroatoms. The highest BCUT2D eigenvalue weighted by molar-refractivity contribution is 7.98. The third kappa shape index (κ3) is 3.57. The van der Waals surface area contributed by atoms with Crippen molar-refractivity contribution >= 4 is 33.3 Å². The first kappa shape index (κ1) is 18.4. The molecule has 0 aliphatic rings. The number of halogens is 1. The molecule has 0 spiro atoms. The molecule has 0 fully saturated rings. The summed E-state index contributed by atoms with van der Waals surface area (Å²) in [5.41, 5.74) is 3.06. The minimum atomic E-state index is -0.311. The normalized spacial score (nSPS) is 10.9. The molecule has 1 N–H and O–H groups in total. The van der Waals surface area contributed by atoms with Crippen LogP contribution in [0.3, 0.4) is 0 Å². The zero-order valence-electron chi connectivity index (χ0n) is 14.8. The smallest absolute Gasteiger partial charge is 0.260 e. The SMILES string of the molecule is Cc1sc2nc(SCc3ccc(C#N)cc3)[nH]c(=O)c2c1-c1ccc(F)cc1. The summed E-state index contributed by atoms with van der Waals surface area (Å²) in [6, 6.07) is 15.6. The van der Waals surface area contributed by atoms with Gasteiger partial charge in [0.15, 0.2) is 5.16 Å². The molecule has 0 radical (unpaired) electrons. The topological polar surface area (TPSA) is 69.5 Å². The fourth-order valence-electron chi connectivity index (χ4n) is 2.96. The van der Waals surface area contributed by atoms with Gasteiger partial charge in [-0.05, 0) is 42.3 Å². The largest absolute Gasteiger partial charge is 0.301 e. The maximum absolute atomic E-state index is 13.2. The van der Waals surface area contributed by atoms with E-state index in [4.69, 9.17) is 5.26 Å². The molecule has 4 rings (SSSR count). The number of rotatable bonds is 4. The summed E-state index contributed by atoms with van der Waals surface area (Å²) in [5.74, 6) is 0.324. The van der Waals surface area contributed by atoms with Crippen molar-refractivity contribution in [2.45, 2.75) is 17.8 Å². The van der Waals surface area contributed by atoms with E-state index in [0.717, 1.165) is 21.6 Å². The van der Waals surface area contributed by atoms with Crippen LogP contribution in [0.1, 0.15) is 16.0 Å². The van der Waals surface area contributed by atoms with Crippen LogP contribution >= 0.6 is 23.1 Å². The number of hydrogen-bond donors (Lipinski definition) is 1. The van der Waals surface area contributed by atoms with E-state index in [1.165, 1.54) is 35.2 Å². The summed E-state index contributed by atoms with van der Waals surface area (Å²) in [4.78, 5) is 21.9. The molecule has 2 aromatic heterocycles. The van der Waals surface area contributed by atoms with Crippen LogP contribution in [-0.4, -0.2) is 9.97 Å². The first-order valence-corrected chi connectivity index (χ1v) is 10.3. The van der Waals surface area contributed by atoms with Gasteiger partial charge < -0.3 is 4.98 Å². The van der Waals surface area contributed by atoms with Gasteiger partial charge in [0.25, 0.3) is 5.56 Å². The summed E-state index contributed by atoms with van der Waals surface area (Å²) in [5, 5.41) is 9.95. The van der Waals surface area contributed by atoms with Crippen molar-refractivity contribution in [3.05, 3.63) is 80.7 Å². The lowest BCUT2D eigenvalue weighted by Gasteiger charge is -2.04. The van der Waals surface area contributed by atoms with E-state index in [9.17, 15) is 9.18 Å². The number of H-pyrrole nitrogens is 1. The van der Waals surface area contributed by atoms with E-state index in [1.807, 2.05) is 19.1 Å². The maximum Gasteiger partial charge on any atom is 0.260 e. The Balaban J connectivity index is 1.66. The first-order chi connectivity index (χ1) is 13.5. The lowest BCUT2D eigenvalue weighted by molar-refractivity contribution is 0.628. The predicted molar refractivity (Wildman–Crippen MR) is 111 cm³/mol. The Morgan fingerprint density at radius 1 is 1.18 bits per heavy atom. The van der Waals surface area contributed by atoms with Gasteiger partial charge in [0.05, 0.1) is 17.0 Å². The maximum atomic E-state index is 13.2. The Kier molecular flexibility index (Phi) is 4.99. The van der Waals surface area contributed by atoms with Crippen molar-refractivity contribution in [1.82, 2.24) is 9.97 Å². The Bertz CT molecular complexity index is 1250. The number of nitrogens with zero attached hydrogens (tertiary/aromatic N) is 2. The van der Waals surface area contributed by atoms with Crippen LogP contribution < -0.4 is 5.56 Å². The van der Waals surface area contributed by atoms with Gasteiger partial charge in [-0.25, -0.2) is 9.37 Å². The second-order valence-corrected chi connectivity index (χ2v) is 8.36. The highest BCUT2D eigenvalue weighted by Gasteiger charge is 2.17. The second-order valence-electron chi connectivity index (χ2n) is 6.19. The van der Waals surface area contributed by atoms with Gasteiger partial charge in [0.1, 0.15) is 10.6 Å². The van der Waals surface area contributed by atoms with Gasteiger partial charge in [0.2, 0.25) is 0 Å². The van der Waals surface area contributed by atoms with Gasteiger partial charge in [-0.15, -0.1) is 11.3 Å². The molecule has 0 bridgehead atoms. The zero-order valence-corrected chi connectivity index (χ0v) is 16.5. The molecule has 138 valence electrons. The van der Waals surface area contributed by atoms with Crippen molar-refractivity contribution in [2.75, 3.05) is 0 Å². The number of fused-ring (bicyclic) bond motifs is 1. The van der Waals surface area contributed by atoms with Crippen LogP contribution in [0.2, 0.25) is 0 Å². The number of nitriles is 1. The molecule has 28 heavy (non-hydrogen) atoms. The van der Waals surface area contributed by atoms with E-state index in [0.29, 0.717) is 26.7 Å². The molecule has 0 aliphatic carbocycles. The molecule has 0 amide bonds. The van der Waals surface area contributed by atoms with Gasteiger partial charge >= 0.3 is 0 Å². The number of thiophene rings is 1. The number of benzene rings is 2. The highest BCUT2D eigenvalue weighted by Crippen LogP contribution is 2.36. The summed E-state index contributed by atoms with van der Waals surface area (Å²) < 4.78 is 13.2. The Morgan fingerprint density at radius 2 is 1.89 bits per heavy atom. The van der Waals surface area contributed by atoms with Gasteiger partial charge in [-0.1, -0.05) is 36.0 Å². The van der Waals surface area contributed by atoms with Crippen molar-refractivity contribution < 1.29 is 4.39 Å². The molecule has 4 aromatic rings. The van der Waals surface area contributed by atoms with Crippen molar-refractivity contribution in [2.24, 2.45) is 0 Å². The number of aromatic nitrogens is 2. The Labute approximate surface area is 168 Å². The molecule has 0 atom stereocenters. The number of aryl methyl sites for hydroxylation is 1. The number of nitrogens with one attached hydrogen (secondary N) is 1. The average Bonchev–Trinajstić information content (AvgIpc) is 3.04. The monoisotopic (exact) mass is 407 g/mol. The van der Waals surface area contributed by atoms with Gasteiger partial charge in [-0.2, -0.15) is 5.26 Å². The number of hydrogen-bond acceptors (Lipinski definition) is 5. The molecule has 0 aliphatic heterocycles. The summed E-state index contributed by atoms with van der Waals surface area (Å²) in [6.45, 7) is 1.94. The van der Waals surface area contributed by atoms with Crippen molar-refractivity contribution in [3.8, 4) is 17.2 Å². The average molecular weight is 407 g/mol. The Morgan fingerprint density at radius 3 is 2.57 bits per heavy atom. The van der Waals surface area contributed by atoms with Crippen LogP contribution in [0.15, 0.2) is 58.5 Å². The van der Waals surface area contributed by atoms with Crippen molar-refractivity contribution in [1.29, 1.82) is 5.26 Å². The summed E-state index contributed by atoms with van der Waals surface area (Å²) in [7, 11) is 0. The number of thioether (sulfide) groups is 1. The van der Waals surface area contributed by atoms with Crippen molar-refractivity contribution in [3.63, 3.8) is 0 Å². The third-order valence-corrected chi connectivity index (χ3v) is 6.25. The third-order valence-electron chi connectivity index (χ3n) is 4.31. The second kappa shape index (κ2) is 7.58. The summed E-state index contributed by atoms with van der Waals surface area (Å²) >= 11 is 2.89. The van der Waals surface area contributed by atoms with Crippen LogP contribution in [-0.2, 0) is 5.75 Å². The molecule has 0 saturated carbocycles. The fraction of sp³-hybridized carbons (Fsp3) is 0.0952. The molecule has 0 saturated heterocycles. The molecular weight excluding hydrogens is 393 g/mol. The van der Waals surface area contributed by atoms with Gasteiger partial charge in [-0.3, -0.25) is 4.79 Å². The Hall–Kier alpha value is -2.95. The fourth-order valence-corrected chi connectivity index (χ4v) is 4.88. The van der Waals surface area contributed by atoms with Crippen LogP contribution in [0.4, 0.5) is 4.39 Å². The standard InChI is InChI=1S/C21H14FN3OS2/c1-12-17(15-6-8-16(22)9-7-15)18-19(26)24-21(25-20(18)28-12)27-11-14-4-2-13(10-23)3-5-14/h2-9H,11H2,1H3,(H,24,25,26). The predicted octanol–water partition coefficient (Wildman–Crippen LogP) is 5.26. The molecule has 4 nitrogen and oxygen atoms in total.